The van der Waals surface area contributed by atoms with Crippen molar-refractivity contribution in [2.24, 2.45) is 5.92 Å². The topological polar surface area (TPSA) is 78.4 Å². The number of aliphatic hydroxyl groups excluding tert-OH is 1. The SMILES string of the molecule is CC(C)C12[B]C(C(O)NC3CCC(=O)NC3=O)(CCC1)CCC2. The molecular formula is C17H28BN2O3. The fourth-order valence-electron chi connectivity index (χ4n) is 4.91. The van der Waals surface area contributed by atoms with E-state index in [1.54, 1.807) is 0 Å². The van der Waals surface area contributed by atoms with Crippen LogP contribution in [0.2, 0.25) is 10.6 Å². The highest BCUT2D eigenvalue weighted by molar-refractivity contribution is 6.45. The lowest BCUT2D eigenvalue weighted by molar-refractivity contribution is -0.135. The van der Waals surface area contributed by atoms with Crippen molar-refractivity contribution in [2.45, 2.75) is 88.1 Å². The fourth-order valence-corrected chi connectivity index (χ4v) is 4.91. The summed E-state index contributed by atoms with van der Waals surface area (Å²) in [5, 5.41) is 16.4. The molecule has 3 saturated heterocycles. The first-order chi connectivity index (χ1) is 10.9. The van der Waals surface area contributed by atoms with Gasteiger partial charge in [0.15, 0.2) is 0 Å². The van der Waals surface area contributed by atoms with Crippen molar-refractivity contribution in [3.05, 3.63) is 0 Å². The zero-order valence-corrected chi connectivity index (χ0v) is 14.2. The van der Waals surface area contributed by atoms with Gasteiger partial charge in [0.1, 0.15) is 13.5 Å². The lowest BCUT2D eigenvalue weighted by Gasteiger charge is -2.56. The van der Waals surface area contributed by atoms with Crippen LogP contribution in [0, 0.1) is 5.92 Å². The van der Waals surface area contributed by atoms with Gasteiger partial charge in [0.05, 0.1) is 6.04 Å². The minimum Gasteiger partial charge on any atom is -0.379 e. The summed E-state index contributed by atoms with van der Waals surface area (Å²) < 4.78 is 0. The number of carbonyl (C=O) groups is 2. The number of nitrogens with one attached hydrogen (secondary N) is 2. The van der Waals surface area contributed by atoms with Gasteiger partial charge in [-0.2, -0.15) is 0 Å². The Kier molecular flexibility index (Phi) is 4.58. The summed E-state index contributed by atoms with van der Waals surface area (Å²) in [5.74, 6) is 0.0464. The van der Waals surface area contributed by atoms with E-state index in [2.05, 4.69) is 31.8 Å². The molecule has 3 rings (SSSR count). The smallest absolute Gasteiger partial charge is 0.243 e. The van der Waals surface area contributed by atoms with Crippen LogP contribution in [0.1, 0.15) is 65.2 Å². The molecule has 0 aliphatic carbocycles. The maximum Gasteiger partial charge on any atom is 0.243 e. The van der Waals surface area contributed by atoms with Crippen LogP contribution >= 0.6 is 0 Å². The van der Waals surface area contributed by atoms with Crippen LogP contribution in [0.3, 0.4) is 0 Å². The third-order valence-corrected chi connectivity index (χ3v) is 6.44. The molecule has 0 aromatic rings. The molecule has 2 unspecified atom stereocenters. The highest BCUT2D eigenvalue weighted by atomic mass is 16.3. The molecule has 127 valence electrons. The number of hydrogen-bond acceptors (Lipinski definition) is 4. The molecule has 2 amide bonds. The molecule has 2 atom stereocenters. The van der Waals surface area contributed by atoms with Gasteiger partial charge in [-0.15, -0.1) is 0 Å². The first kappa shape index (κ1) is 17.0. The van der Waals surface area contributed by atoms with Gasteiger partial charge in [-0.1, -0.05) is 57.7 Å². The van der Waals surface area contributed by atoms with Gasteiger partial charge in [0, 0.05) is 6.42 Å². The summed E-state index contributed by atoms with van der Waals surface area (Å²) in [6.45, 7) is 4.55. The molecule has 3 N–H and O–H groups in total. The summed E-state index contributed by atoms with van der Waals surface area (Å²) in [6.07, 6.45) is 6.70. The summed E-state index contributed by atoms with van der Waals surface area (Å²) in [5.41, 5.74) is 0. The lowest BCUT2D eigenvalue weighted by atomic mass is 9.27. The summed E-state index contributed by atoms with van der Waals surface area (Å²) in [4.78, 5) is 23.2. The van der Waals surface area contributed by atoms with Crippen LogP contribution < -0.4 is 10.6 Å². The third-order valence-electron chi connectivity index (χ3n) is 6.44. The van der Waals surface area contributed by atoms with E-state index in [0.29, 0.717) is 18.8 Å². The molecular weight excluding hydrogens is 291 g/mol. The molecule has 0 spiro atoms. The zero-order chi connectivity index (χ0) is 16.7. The van der Waals surface area contributed by atoms with E-state index in [1.165, 1.54) is 12.8 Å². The fraction of sp³-hybridized carbons (Fsp3) is 0.882. The van der Waals surface area contributed by atoms with E-state index in [-0.39, 0.29) is 22.4 Å². The number of imide groups is 1. The molecule has 3 aliphatic heterocycles. The maximum atomic E-state index is 11.9. The molecule has 1 radical (unpaired) electrons. The van der Waals surface area contributed by atoms with Crippen LogP contribution in [0.4, 0.5) is 0 Å². The molecule has 0 saturated carbocycles. The molecule has 6 heteroatoms. The van der Waals surface area contributed by atoms with Crippen molar-refractivity contribution < 1.29 is 14.7 Å². The van der Waals surface area contributed by atoms with E-state index in [0.717, 1.165) is 25.7 Å². The van der Waals surface area contributed by atoms with Crippen LogP contribution in [0.15, 0.2) is 0 Å². The number of hydrogen-bond donors (Lipinski definition) is 3. The van der Waals surface area contributed by atoms with Gasteiger partial charge < -0.3 is 5.11 Å². The highest BCUT2D eigenvalue weighted by Gasteiger charge is 2.53. The van der Waals surface area contributed by atoms with E-state index >= 15 is 0 Å². The number of piperidine rings is 1. The van der Waals surface area contributed by atoms with Crippen LogP contribution in [0.5, 0.6) is 0 Å². The van der Waals surface area contributed by atoms with Gasteiger partial charge in [-0.25, -0.2) is 0 Å². The normalized spacial score (nSPS) is 38.9. The monoisotopic (exact) mass is 319 g/mol. The summed E-state index contributed by atoms with van der Waals surface area (Å²) >= 11 is 0. The van der Waals surface area contributed by atoms with Crippen molar-refractivity contribution >= 4 is 19.1 Å². The zero-order valence-electron chi connectivity index (χ0n) is 14.2. The Labute approximate surface area is 139 Å². The first-order valence-electron chi connectivity index (χ1n) is 9.02. The Bertz CT molecular complexity index is 484. The number of carbonyl (C=O) groups excluding carboxylic acids is 2. The van der Waals surface area contributed by atoms with E-state index in [1.807, 2.05) is 0 Å². The van der Waals surface area contributed by atoms with Gasteiger partial charge >= 0.3 is 0 Å². The Morgan fingerprint density at radius 1 is 1.17 bits per heavy atom. The number of rotatable bonds is 4. The minimum absolute atomic E-state index is 0.221. The molecule has 3 heterocycles. The Hall–Kier alpha value is -0.875. The number of aliphatic hydroxyl groups is 1. The van der Waals surface area contributed by atoms with Gasteiger partial charge in [0.25, 0.3) is 0 Å². The van der Waals surface area contributed by atoms with E-state index in [9.17, 15) is 14.7 Å². The van der Waals surface area contributed by atoms with Crippen LogP contribution in [0.25, 0.3) is 0 Å². The van der Waals surface area contributed by atoms with Crippen molar-refractivity contribution in [3.63, 3.8) is 0 Å². The molecule has 5 nitrogen and oxygen atoms in total. The van der Waals surface area contributed by atoms with Gasteiger partial charge in [-0.3, -0.25) is 20.2 Å². The van der Waals surface area contributed by atoms with Crippen LogP contribution in [-0.4, -0.2) is 36.5 Å². The van der Waals surface area contributed by atoms with Crippen molar-refractivity contribution in [2.75, 3.05) is 0 Å². The van der Waals surface area contributed by atoms with Crippen molar-refractivity contribution in [3.8, 4) is 0 Å². The second-order valence-electron chi connectivity index (χ2n) is 8.05. The van der Waals surface area contributed by atoms with E-state index in [4.69, 9.17) is 0 Å². The average Bonchev–Trinajstić information content (AvgIpc) is 2.50. The van der Waals surface area contributed by atoms with Gasteiger partial charge in [0.2, 0.25) is 11.8 Å². The number of amides is 2. The Balaban J connectivity index is 1.72. The predicted octanol–water partition coefficient (Wildman–Crippen LogP) is 1.74. The number of fused-ring (bicyclic) bond motifs is 2. The third kappa shape index (κ3) is 3.08. The largest absolute Gasteiger partial charge is 0.379 e. The molecule has 0 aromatic carbocycles. The minimum atomic E-state index is -0.717. The second-order valence-corrected chi connectivity index (χ2v) is 8.05. The Morgan fingerprint density at radius 3 is 2.35 bits per heavy atom. The van der Waals surface area contributed by atoms with Gasteiger partial charge in [-0.05, 0) is 17.7 Å². The Morgan fingerprint density at radius 2 is 1.78 bits per heavy atom. The summed E-state index contributed by atoms with van der Waals surface area (Å²) in [6, 6.07) is -0.470. The second kappa shape index (κ2) is 6.21. The highest BCUT2D eigenvalue weighted by Crippen LogP contribution is 2.62. The predicted molar refractivity (Wildman–Crippen MR) is 89.0 cm³/mol. The average molecular weight is 319 g/mol. The molecule has 3 aliphatic rings. The van der Waals surface area contributed by atoms with Crippen molar-refractivity contribution in [1.29, 1.82) is 0 Å². The molecule has 3 fully saturated rings. The molecule has 2 bridgehead atoms. The summed E-state index contributed by atoms with van der Waals surface area (Å²) in [7, 11) is 2.42. The lowest BCUT2D eigenvalue weighted by Crippen LogP contribution is -2.59. The maximum absolute atomic E-state index is 11.9. The first-order valence-corrected chi connectivity index (χ1v) is 9.02. The standard InChI is InChI=1S/C17H28BN2O3/c1-11(2)16-7-3-9-17(18-16,10-4-8-16)15(23)19-12-5-6-13(21)20-14(12)22/h11-12,15,19,23H,3-10H2,1-2H3,(H,20,21,22). The quantitative estimate of drug-likeness (QED) is 0.419. The van der Waals surface area contributed by atoms with E-state index < -0.39 is 12.3 Å². The molecule has 23 heavy (non-hydrogen) atoms. The van der Waals surface area contributed by atoms with Crippen LogP contribution in [-0.2, 0) is 9.59 Å². The van der Waals surface area contributed by atoms with Crippen molar-refractivity contribution in [1.82, 2.24) is 10.6 Å². The molecule has 0 aromatic heterocycles.